The summed E-state index contributed by atoms with van der Waals surface area (Å²) >= 11 is 0. The topological polar surface area (TPSA) is 65.2 Å². The Labute approximate surface area is 168 Å². The summed E-state index contributed by atoms with van der Waals surface area (Å²) in [5.41, 5.74) is 2.41. The number of rotatable bonds is 5. The van der Waals surface area contributed by atoms with E-state index in [9.17, 15) is 14.0 Å². The minimum absolute atomic E-state index is 0.0428. The van der Waals surface area contributed by atoms with E-state index >= 15 is 0 Å². The van der Waals surface area contributed by atoms with E-state index in [1.54, 1.807) is 11.0 Å². The van der Waals surface area contributed by atoms with Crippen LogP contribution in [-0.2, 0) is 11.2 Å². The lowest BCUT2D eigenvalue weighted by molar-refractivity contribution is -0.126. The zero-order chi connectivity index (χ0) is 20.2. The molecule has 2 N–H and O–H groups in total. The van der Waals surface area contributed by atoms with Gasteiger partial charge in [0.05, 0.1) is 5.92 Å². The molecule has 0 bridgehead atoms. The Morgan fingerprint density at radius 1 is 1.17 bits per heavy atom. The lowest BCUT2D eigenvalue weighted by Crippen LogP contribution is -2.45. The van der Waals surface area contributed by atoms with Gasteiger partial charge in [0.15, 0.2) is 0 Å². The molecule has 1 aromatic heterocycles. The van der Waals surface area contributed by atoms with Gasteiger partial charge < -0.3 is 15.2 Å². The first kappa shape index (κ1) is 19.2. The normalized spacial score (nSPS) is 16.7. The lowest BCUT2D eigenvalue weighted by Gasteiger charge is -2.32. The van der Waals surface area contributed by atoms with Gasteiger partial charge in [0.1, 0.15) is 5.82 Å². The third-order valence-electron chi connectivity index (χ3n) is 5.48. The van der Waals surface area contributed by atoms with Crippen LogP contribution >= 0.6 is 0 Å². The number of carbonyl (C=O) groups is 2. The van der Waals surface area contributed by atoms with Gasteiger partial charge in [-0.1, -0.05) is 18.2 Å². The lowest BCUT2D eigenvalue weighted by atomic mass is 9.96. The largest absolute Gasteiger partial charge is 0.361 e. The van der Waals surface area contributed by atoms with Crippen molar-refractivity contribution < 1.29 is 14.0 Å². The number of halogens is 1. The van der Waals surface area contributed by atoms with Crippen LogP contribution in [0.3, 0.4) is 0 Å². The van der Waals surface area contributed by atoms with Crippen LogP contribution in [0.15, 0.2) is 54.7 Å². The van der Waals surface area contributed by atoms with Crippen LogP contribution in [0.2, 0.25) is 0 Å². The molecule has 3 aromatic rings. The molecule has 0 saturated carbocycles. The van der Waals surface area contributed by atoms with Gasteiger partial charge >= 0.3 is 0 Å². The number of fused-ring (bicyclic) bond motifs is 1. The monoisotopic (exact) mass is 393 g/mol. The van der Waals surface area contributed by atoms with Crippen LogP contribution < -0.4 is 5.32 Å². The minimum Gasteiger partial charge on any atom is -0.361 e. The fourth-order valence-corrected chi connectivity index (χ4v) is 3.91. The van der Waals surface area contributed by atoms with Crippen LogP contribution in [0, 0.1) is 11.7 Å². The van der Waals surface area contributed by atoms with E-state index in [0.29, 0.717) is 31.6 Å². The second kappa shape index (κ2) is 8.47. The molecule has 29 heavy (non-hydrogen) atoms. The van der Waals surface area contributed by atoms with Crippen molar-refractivity contribution in [1.82, 2.24) is 15.2 Å². The van der Waals surface area contributed by atoms with Crippen LogP contribution in [0.25, 0.3) is 10.9 Å². The molecule has 1 saturated heterocycles. The molecule has 2 aromatic carbocycles. The molecular formula is C23H24FN3O2. The quantitative estimate of drug-likeness (QED) is 0.697. The fourth-order valence-electron chi connectivity index (χ4n) is 3.91. The number of hydrogen-bond donors (Lipinski definition) is 2. The van der Waals surface area contributed by atoms with Crippen LogP contribution in [-0.4, -0.2) is 41.3 Å². The van der Waals surface area contributed by atoms with Gasteiger partial charge in [-0.05, 0) is 60.5 Å². The third-order valence-corrected chi connectivity index (χ3v) is 5.48. The summed E-state index contributed by atoms with van der Waals surface area (Å²) in [6.45, 7) is 1.54. The molecule has 1 atom stereocenters. The summed E-state index contributed by atoms with van der Waals surface area (Å²) in [5.74, 6) is -0.570. The standard InChI is InChI=1S/C23H24FN3O2/c24-20-5-1-3-16(13-20)8-10-26-22(28)19-4-2-12-27(15-19)23(29)18-7-6-17-9-11-25-21(17)14-18/h1,3,5-7,9,11,13-14,19,25H,2,4,8,10,12,15H2,(H,26,28). The summed E-state index contributed by atoms with van der Waals surface area (Å²) in [7, 11) is 0. The molecule has 1 unspecified atom stereocenters. The third kappa shape index (κ3) is 4.47. The summed E-state index contributed by atoms with van der Waals surface area (Å²) in [6.07, 6.45) is 4.00. The van der Waals surface area contributed by atoms with Crippen molar-refractivity contribution in [2.24, 2.45) is 5.92 Å². The Morgan fingerprint density at radius 3 is 2.93 bits per heavy atom. The van der Waals surface area contributed by atoms with Gasteiger partial charge in [0, 0.05) is 36.9 Å². The highest BCUT2D eigenvalue weighted by molar-refractivity contribution is 5.98. The van der Waals surface area contributed by atoms with E-state index in [1.165, 1.54) is 12.1 Å². The van der Waals surface area contributed by atoms with E-state index in [0.717, 1.165) is 29.3 Å². The second-order valence-corrected chi connectivity index (χ2v) is 7.54. The van der Waals surface area contributed by atoms with Crippen molar-refractivity contribution in [3.05, 3.63) is 71.7 Å². The summed E-state index contributed by atoms with van der Waals surface area (Å²) in [5, 5.41) is 4.00. The summed E-state index contributed by atoms with van der Waals surface area (Å²) < 4.78 is 13.2. The number of benzene rings is 2. The Kier molecular flexibility index (Phi) is 5.60. The zero-order valence-corrected chi connectivity index (χ0v) is 16.2. The first-order valence-electron chi connectivity index (χ1n) is 9.99. The molecule has 4 rings (SSSR count). The maximum absolute atomic E-state index is 13.2. The van der Waals surface area contributed by atoms with E-state index in [-0.39, 0.29) is 23.5 Å². The molecule has 150 valence electrons. The molecular weight excluding hydrogens is 369 g/mol. The van der Waals surface area contributed by atoms with Gasteiger partial charge in [-0.3, -0.25) is 9.59 Å². The van der Waals surface area contributed by atoms with Crippen molar-refractivity contribution in [1.29, 1.82) is 0 Å². The van der Waals surface area contributed by atoms with Crippen molar-refractivity contribution in [2.45, 2.75) is 19.3 Å². The van der Waals surface area contributed by atoms with Crippen LogP contribution in [0.4, 0.5) is 4.39 Å². The molecule has 1 aliphatic rings. The molecule has 6 heteroatoms. The molecule has 0 aliphatic carbocycles. The number of carbonyl (C=O) groups excluding carboxylic acids is 2. The highest BCUT2D eigenvalue weighted by atomic mass is 19.1. The number of likely N-dealkylation sites (tertiary alicyclic amines) is 1. The van der Waals surface area contributed by atoms with Crippen molar-refractivity contribution >= 4 is 22.7 Å². The summed E-state index contributed by atoms with van der Waals surface area (Å²) in [4.78, 5) is 30.4. The average Bonchev–Trinajstić information content (AvgIpc) is 3.21. The van der Waals surface area contributed by atoms with Gasteiger partial charge in [0.25, 0.3) is 5.91 Å². The Bertz CT molecular complexity index is 1030. The van der Waals surface area contributed by atoms with Crippen molar-refractivity contribution in [3.8, 4) is 0 Å². The molecule has 5 nitrogen and oxygen atoms in total. The van der Waals surface area contributed by atoms with Crippen LogP contribution in [0.5, 0.6) is 0 Å². The maximum Gasteiger partial charge on any atom is 0.253 e. The fraction of sp³-hybridized carbons (Fsp3) is 0.304. The molecule has 2 amide bonds. The number of piperidine rings is 1. The van der Waals surface area contributed by atoms with Crippen LogP contribution in [0.1, 0.15) is 28.8 Å². The number of hydrogen-bond acceptors (Lipinski definition) is 2. The second-order valence-electron chi connectivity index (χ2n) is 7.54. The first-order chi connectivity index (χ1) is 14.1. The Balaban J connectivity index is 1.33. The first-order valence-corrected chi connectivity index (χ1v) is 9.99. The predicted molar refractivity (Wildman–Crippen MR) is 110 cm³/mol. The van der Waals surface area contributed by atoms with Crippen molar-refractivity contribution in [3.63, 3.8) is 0 Å². The SMILES string of the molecule is O=C(NCCc1cccc(F)c1)C1CCCN(C(=O)c2ccc3cc[nH]c3c2)C1. The van der Waals surface area contributed by atoms with Gasteiger partial charge in [-0.15, -0.1) is 0 Å². The highest BCUT2D eigenvalue weighted by Crippen LogP contribution is 2.21. The average molecular weight is 393 g/mol. The predicted octanol–water partition coefficient (Wildman–Crippen LogP) is 3.52. The van der Waals surface area contributed by atoms with Gasteiger partial charge in [-0.2, -0.15) is 0 Å². The van der Waals surface area contributed by atoms with E-state index in [4.69, 9.17) is 0 Å². The minimum atomic E-state index is -0.271. The Hall–Kier alpha value is -3.15. The highest BCUT2D eigenvalue weighted by Gasteiger charge is 2.28. The number of H-pyrrole nitrogens is 1. The molecule has 0 spiro atoms. The van der Waals surface area contributed by atoms with Gasteiger partial charge in [0.2, 0.25) is 5.91 Å². The molecule has 2 heterocycles. The summed E-state index contributed by atoms with van der Waals surface area (Å²) in [6, 6.07) is 14.0. The number of amides is 2. The number of aromatic nitrogens is 1. The van der Waals surface area contributed by atoms with Gasteiger partial charge in [-0.25, -0.2) is 4.39 Å². The number of aromatic amines is 1. The zero-order valence-electron chi connectivity index (χ0n) is 16.2. The van der Waals surface area contributed by atoms with Crippen molar-refractivity contribution in [2.75, 3.05) is 19.6 Å². The van der Waals surface area contributed by atoms with E-state index in [2.05, 4.69) is 10.3 Å². The van der Waals surface area contributed by atoms with E-state index in [1.807, 2.05) is 36.5 Å². The molecule has 0 radical (unpaired) electrons. The Morgan fingerprint density at radius 2 is 2.07 bits per heavy atom. The molecule has 1 fully saturated rings. The number of nitrogens with one attached hydrogen (secondary N) is 2. The number of nitrogens with zero attached hydrogens (tertiary/aromatic N) is 1. The molecule has 1 aliphatic heterocycles. The smallest absolute Gasteiger partial charge is 0.253 e. The maximum atomic E-state index is 13.2. The van der Waals surface area contributed by atoms with E-state index < -0.39 is 0 Å².